The number of fused-ring (bicyclic) bond motifs is 2. The zero-order chi connectivity index (χ0) is 26.4. The number of carbonyl (C=O) groups excluding carboxylic acids is 2. The molecule has 0 spiro atoms. The zero-order valence-corrected chi connectivity index (χ0v) is 19.9. The van der Waals surface area contributed by atoms with E-state index in [9.17, 15) is 18.4 Å². The monoisotopic (exact) mass is 514 g/mol. The maximum atomic E-state index is 15.1. The van der Waals surface area contributed by atoms with Crippen molar-refractivity contribution < 1.29 is 22.8 Å². The maximum Gasteiger partial charge on any atom is 0.256 e. The van der Waals surface area contributed by atoms with E-state index in [4.69, 9.17) is 0 Å². The van der Waals surface area contributed by atoms with Crippen molar-refractivity contribution >= 4 is 34.8 Å². The van der Waals surface area contributed by atoms with E-state index in [-0.39, 0.29) is 29.5 Å². The number of amides is 2. The molecule has 0 bridgehead atoms. The topological polar surface area (TPSA) is 86.0 Å². The number of aromatic amines is 1. The van der Waals surface area contributed by atoms with Crippen molar-refractivity contribution in [2.24, 2.45) is 0 Å². The van der Waals surface area contributed by atoms with Crippen LogP contribution in [-0.4, -0.2) is 23.3 Å². The lowest BCUT2D eigenvalue weighted by Gasteiger charge is -2.14. The summed E-state index contributed by atoms with van der Waals surface area (Å²) in [5.41, 5.74) is 4.80. The number of hydrogen-bond acceptors (Lipinski definition) is 3. The number of nitrogens with one attached hydrogen (secondary N) is 4. The summed E-state index contributed by atoms with van der Waals surface area (Å²) in [5, 5.41) is 8.58. The van der Waals surface area contributed by atoms with Crippen LogP contribution in [0.4, 0.5) is 24.5 Å². The lowest BCUT2D eigenvalue weighted by Crippen LogP contribution is -2.31. The molecule has 3 heterocycles. The van der Waals surface area contributed by atoms with Gasteiger partial charge in [-0.2, -0.15) is 0 Å². The Kier molecular flexibility index (Phi) is 5.75. The highest BCUT2D eigenvalue weighted by molar-refractivity contribution is 6.35. The Morgan fingerprint density at radius 3 is 2.32 bits per heavy atom. The third-order valence-electron chi connectivity index (χ3n) is 6.70. The number of anilines is 2. The van der Waals surface area contributed by atoms with E-state index in [1.54, 1.807) is 30.3 Å². The Balaban J connectivity index is 1.38. The summed E-state index contributed by atoms with van der Waals surface area (Å²) >= 11 is 0. The van der Waals surface area contributed by atoms with Crippen LogP contribution in [0.1, 0.15) is 32.9 Å². The Morgan fingerprint density at radius 2 is 1.58 bits per heavy atom. The predicted molar refractivity (Wildman–Crippen MR) is 139 cm³/mol. The summed E-state index contributed by atoms with van der Waals surface area (Å²) < 4.78 is 41.9. The van der Waals surface area contributed by atoms with E-state index in [2.05, 4.69) is 20.9 Å². The molecule has 9 heteroatoms. The van der Waals surface area contributed by atoms with Crippen LogP contribution in [0.2, 0.25) is 0 Å². The molecule has 2 aliphatic heterocycles. The van der Waals surface area contributed by atoms with Crippen LogP contribution in [0.5, 0.6) is 0 Å². The minimum Gasteiger partial charge on any atom is -0.379 e. The lowest BCUT2D eigenvalue weighted by atomic mass is 9.95. The first-order chi connectivity index (χ1) is 18.4. The first kappa shape index (κ1) is 23.6. The third-order valence-corrected chi connectivity index (χ3v) is 6.70. The molecule has 0 aliphatic carbocycles. The van der Waals surface area contributed by atoms with Crippen molar-refractivity contribution in [1.82, 2.24) is 10.3 Å². The van der Waals surface area contributed by atoms with Crippen LogP contribution in [0, 0.1) is 17.5 Å². The molecule has 2 aliphatic rings. The molecule has 0 atom stereocenters. The van der Waals surface area contributed by atoms with E-state index in [1.165, 1.54) is 36.4 Å². The van der Waals surface area contributed by atoms with Gasteiger partial charge < -0.3 is 20.9 Å². The highest BCUT2D eigenvalue weighted by Crippen LogP contribution is 2.39. The molecule has 6 nitrogen and oxygen atoms in total. The van der Waals surface area contributed by atoms with Gasteiger partial charge in [-0.25, -0.2) is 13.2 Å². The average Bonchev–Trinajstić information content (AvgIpc) is 3.42. The molecule has 4 N–H and O–H groups in total. The van der Waals surface area contributed by atoms with Crippen molar-refractivity contribution in [1.29, 1.82) is 0 Å². The van der Waals surface area contributed by atoms with Gasteiger partial charge in [-0.15, -0.1) is 0 Å². The fraction of sp³-hybridized carbons (Fsp3) is 0.103. The Bertz CT molecular complexity index is 1620. The van der Waals surface area contributed by atoms with Gasteiger partial charge in [-0.3, -0.25) is 9.59 Å². The summed E-state index contributed by atoms with van der Waals surface area (Å²) in [6.07, 6.45) is 2.16. The molecule has 4 aromatic rings. The largest absolute Gasteiger partial charge is 0.379 e. The van der Waals surface area contributed by atoms with E-state index < -0.39 is 17.5 Å². The Morgan fingerprint density at radius 1 is 0.868 bits per heavy atom. The van der Waals surface area contributed by atoms with Gasteiger partial charge in [0.25, 0.3) is 11.8 Å². The van der Waals surface area contributed by atoms with Crippen molar-refractivity contribution in [3.05, 3.63) is 106 Å². The van der Waals surface area contributed by atoms with Gasteiger partial charge in [0.2, 0.25) is 0 Å². The zero-order valence-electron chi connectivity index (χ0n) is 19.9. The molecular weight excluding hydrogens is 493 g/mol. The molecule has 0 radical (unpaired) electrons. The van der Waals surface area contributed by atoms with Crippen LogP contribution in [0.25, 0.3) is 22.8 Å². The summed E-state index contributed by atoms with van der Waals surface area (Å²) in [4.78, 5) is 29.0. The quantitative estimate of drug-likeness (QED) is 0.266. The molecule has 6 rings (SSSR count). The second-order valence-electron chi connectivity index (χ2n) is 9.15. The minimum absolute atomic E-state index is 0.189. The molecule has 190 valence electrons. The lowest BCUT2D eigenvalue weighted by molar-refractivity contribution is -0.110. The predicted octanol–water partition coefficient (Wildman–Crippen LogP) is 5.49. The number of halogens is 3. The molecule has 1 aromatic heterocycles. The number of hydrogen-bond donors (Lipinski definition) is 4. The summed E-state index contributed by atoms with van der Waals surface area (Å²) in [6, 6.07) is 14.4. The van der Waals surface area contributed by atoms with Crippen molar-refractivity contribution in [3.63, 3.8) is 0 Å². The molecule has 0 saturated carbocycles. The molecule has 38 heavy (non-hydrogen) atoms. The summed E-state index contributed by atoms with van der Waals surface area (Å²) in [7, 11) is 0. The third kappa shape index (κ3) is 4.21. The molecule has 3 aromatic carbocycles. The number of benzene rings is 3. The highest BCUT2D eigenvalue weighted by atomic mass is 19.1. The van der Waals surface area contributed by atoms with E-state index in [0.717, 1.165) is 5.56 Å². The van der Waals surface area contributed by atoms with Gasteiger partial charge in [0, 0.05) is 42.0 Å². The molecular formula is C29H21F3N4O2. The molecule has 2 amide bonds. The number of H-pyrrole nitrogens is 1. The van der Waals surface area contributed by atoms with Gasteiger partial charge in [-0.1, -0.05) is 24.3 Å². The average molecular weight is 515 g/mol. The fourth-order valence-electron chi connectivity index (χ4n) is 4.86. The first-order valence-electron chi connectivity index (χ1n) is 12.0. The van der Waals surface area contributed by atoms with E-state index >= 15 is 4.39 Å². The summed E-state index contributed by atoms with van der Waals surface area (Å²) in [5.74, 6) is -2.00. The Labute approximate surface area is 215 Å². The smallest absolute Gasteiger partial charge is 0.256 e. The normalized spacial score (nSPS) is 15.2. The second kappa shape index (κ2) is 9.26. The van der Waals surface area contributed by atoms with Crippen LogP contribution < -0.4 is 16.0 Å². The van der Waals surface area contributed by atoms with Crippen molar-refractivity contribution in [2.45, 2.75) is 13.0 Å². The molecule has 0 unspecified atom stereocenters. The van der Waals surface area contributed by atoms with E-state index in [1.807, 2.05) is 0 Å². The number of carbonyl (C=O) groups is 2. The molecule has 0 saturated heterocycles. The fourth-order valence-corrected chi connectivity index (χ4v) is 4.86. The van der Waals surface area contributed by atoms with E-state index in [0.29, 0.717) is 52.3 Å². The van der Waals surface area contributed by atoms with Gasteiger partial charge in [-0.05, 0) is 53.6 Å². The molecule has 0 fully saturated rings. The van der Waals surface area contributed by atoms with Gasteiger partial charge >= 0.3 is 0 Å². The SMILES string of the molecule is O=C1Nc2cc(NCc3ccc(F)cc3)c(F)cc2/C1=C/c1[nH]c2c(c1-c1ccc(F)cc1)C(=O)NCC2. The van der Waals surface area contributed by atoms with Gasteiger partial charge in [0.05, 0.1) is 22.5 Å². The Hall–Kier alpha value is -4.79. The van der Waals surface area contributed by atoms with Crippen LogP contribution in [-0.2, 0) is 17.8 Å². The van der Waals surface area contributed by atoms with Crippen molar-refractivity contribution in [3.8, 4) is 11.1 Å². The van der Waals surface area contributed by atoms with Crippen LogP contribution in [0.15, 0.2) is 60.7 Å². The summed E-state index contributed by atoms with van der Waals surface area (Å²) in [6.45, 7) is 0.733. The maximum absolute atomic E-state index is 15.1. The minimum atomic E-state index is -0.558. The second-order valence-corrected chi connectivity index (χ2v) is 9.15. The number of aromatic nitrogens is 1. The van der Waals surface area contributed by atoms with Gasteiger partial charge in [0.15, 0.2) is 0 Å². The highest BCUT2D eigenvalue weighted by Gasteiger charge is 2.30. The van der Waals surface area contributed by atoms with Gasteiger partial charge in [0.1, 0.15) is 17.5 Å². The van der Waals surface area contributed by atoms with Crippen LogP contribution >= 0.6 is 0 Å². The standard InChI is InChI=1S/C29H21F3N4O2/c30-17-5-1-15(2-6-17)14-34-24-13-23-19(11-21(24)32)20(28(37)36-23)12-25-26(16-3-7-18(31)8-4-16)27-22(35-25)9-10-33-29(27)38/h1-8,11-13,34-35H,9-10,14H2,(H,33,38)(H,36,37)/b20-12-. The van der Waals surface area contributed by atoms with Crippen molar-refractivity contribution in [2.75, 3.05) is 17.2 Å². The first-order valence-corrected chi connectivity index (χ1v) is 12.0. The van der Waals surface area contributed by atoms with Crippen LogP contribution in [0.3, 0.4) is 0 Å². The number of rotatable bonds is 5.